The molecule has 0 aliphatic rings. The van der Waals surface area contributed by atoms with Crippen LogP contribution in [0.25, 0.3) is 5.57 Å². The maximum Gasteiger partial charge on any atom is 0.334 e. The van der Waals surface area contributed by atoms with E-state index in [9.17, 15) is 18.3 Å². The van der Waals surface area contributed by atoms with Crippen molar-refractivity contribution in [1.29, 1.82) is 0 Å². The number of rotatable bonds is 7. The molecule has 2 rings (SSSR count). The van der Waals surface area contributed by atoms with Crippen LogP contribution >= 0.6 is 23.2 Å². The standard InChI is InChI=1S/C20H20Cl2O5S/c1-3-27-20(24)18(8-9-23)19(14-10-15(21)12-16(22)11-14)13-4-6-17(7-5-13)28(2,25)26/h4-7,10-12,23H,3,8-9H2,1-2H3. The summed E-state index contributed by atoms with van der Waals surface area (Å²) >= 11 is 12.3. The lowest BCUT2D eigenvalue weighted by atomic mass is 9.91. The lowest BCUT2D eigenvalue weighted by molar-refractivity contribution is -0.138. The molecule has 0 unspecified atom stereocenters. The normalized spacial score (nSPS) is 12.5. The molecule has 0 fully saturated rings. The molecule has 5 nitrogen and oxygen atoms in total. The average molecular weight is 443 g/mol. The molecule has 2 aromatic rings. The van der Waals surface area contributed by atoms with Gasteiger partial charge in [-0.3, -0.25) is 0 Å². The molecular formula is C20H20Cl2O5S. The largest absolute Gasteiger partial charge is 0.463 e. The highest BCUT2D eigenvalue weighted by Gasteiger charge is 2.20. The van der Waals surface area contributed by atoms with E-state index in [2.05, 4.69) is 0 Å². The van der Waals surface area contributed by atoms with E-state index in [1.165, 1.54) is 12.1 Å². The van der Waals surface area contributed by atoms with Gasteiger partial charge in [-0.05, 0) is 54.0 Å². The first-order valence-electron chi connectivity index (χ1n) is 8.45. The number of halogens is 2. The maximum atomic E-state index is 12.6. The van der Waals surface area contributed by atoms with Crippen LogP contribution in [0.3, 0.4) is 0 Å². The van der Waals surface area contributed by atoms with E-state index in [4.69, 9.17) is 27.9 Å². The molecule has 0 aromatic heterocycles. The molecule has 0 heterocycles. The van der Waals surface area contributed by atoms with Crippen LogP contribution in [0.15, 0.2) is 52.9 Å². The van der Waals surface area contributed by atoms with Crippen LogP contribution < -0.4 is 0 Å². The Bertz CT molecular complexity index is 976. The first-order chi connectivity index (χ1) is 13.2. The number of benzene rings is 2. The van der Waals surface area contributed by atoms with E-state index >= 15 is 0 Å². The number of sulfone groups is 1. The van der Waals surface area contributed by atoms with E-state index in [1.807, 2.05) is 0 Å². The number of aliphatic hydroxyl groups excluding tert-OH is 1. The highest BCUT2D eigenvalue weighted by molar-refractivity contribution is 7.90. The minimum Gasteiger partial charge on any atom is -0.463 e. The molecule has 28 heavy (non-hydrogen) atoms. The van der Waals surface area contributed by atoms with Crippen LogP contribution in [0, 0.1) is 0 Å². The van der Waals surface area contributed by atoms with Gasteiger partial charge in [-0.2, -0.15) is 0 Å². The molecule has 0 aliphatic carbocycles. The molecule has 0 aliphatic heterocycles. The van der Waals surface area contributed by atoms with Crippen molar-refractivity contribution in [2.45, 2.75) is 18.2 Å². The highest BCUT2D eigenvalue weighted by atomic mass is 35.5. The van der Waals surface area contributed by atoms with Gasteiger partial charge in [-0.1, -0.05) is 35.3 Å². The quantitative estimate of drug-likeness (QED) is 0.514. The van der Waals surface area contributed by atoms with Gasteiger partial charge in [0.15, 0.2) is 9.84 Å². The van der Waals surface area contributed by atoms with Crippen LogP contribution in [0.4, 0.5) is 0 Å². The average Bonchev–Trinajstić information content (AvgIpc) is 2.60. The van der Waals surface area contributed by atoms with Crippen LogP contribution in [-0.2, 0) is 19.4 Å². The van der Waals surface area contributed by atoms with Crippen LogP contribution in [0.1, 0.15) is 24.5 Å². The number of ether oxygens (including phenoxy) is 1. The highest BCUT2D eigenvalue weighted by Crippen LogP contribution is 2.33. The number of hydrogen-bond donors (Lipinski definition) is 1. The van der Waals surface area contributed by atoms with E-state index in [0.29, 0.717) is 26.7 Å². The summed E-state index contributed by atoms with van der Waals surface area (Å²) in [5.74, 6) is -0.574. The Morgan fingerprint density at radius 1 is 1.04 bits per heavy atom. The second-order valence-corrected chi connectivity index (χ2v) is 8.89. The molecule has 0 radical (unpaired) electrons. The number of carbonyl (C=O) groups excluding carboxylic acids is 1. The van der Waals surface area contributed by atoms with Gasteiger partial charge in [-0.15, -0.1) is 0 Å². The Balaban J connectivity index is 2.77. The first-order valence-corrected chi connectivity index (χ1v) is 11.1. The third-order valence-corrected chi connectivity index (χ3v) is 5.47. The van der Waals surface area contributed by atoms with E-state index in [-0.39, 0.29) is 30.1 Å². The third kappa shape index (κ3) is 5.58. The molecule has 1 N–H and O–H groups in total. The fraction of sp³-hybridized carbons (Fsp3) is 0.250. The van der Waals surface area contributed by atoms with E-state index in [1.54, 1.807) is 37.3 Å². The van der Waals surface area contributed by atoms with Crippen molar-refractivity contribution < 1.29 is 23.1 Å². The SMILES string of the molecule is CCOC(=O)C(CCO)=C(c1ccc(S(C)(=O)=O)cc1)c1cc(Cl)cc(Cl)c1. The summed E-state index contributed by atoms with van der Waals surface area (Å²) in [4.78, 5) is 12.7. The zero-order valence-electron chi connectivity index (χ0n) is 15.4. The fourth-order valence-electron chi connectivity index (χ4n) is 2.74. The van der Waals surface area contributed by atoms with Gasteiger partial charge in [-0.25, -0.2) is 13.2 Å². The molecule has 0 amide bonds. The van der Waals surface area contributed by atoms with Crippen molar-refractivity contribution in [3.63, 3.8) is 0 Å². The molecule has 0 bridgehead atoms. The Hall–Kier alpha value is -1.86. The second kappa shape index (κ2) is 9.56. The molecule has 150 valence electrons. The van der Waals surface area contributed by atoms with Crippen molar-refractivity contribution in [1.82, 2.24) is 0 Å². The molecule has 0 atom stereocenters. The Morgan fingerprint density at radius 3 is 2.07 bits per heavy atom. The summed E-state index contributed by atoms with van der Waals surface area (Å²) in [6, 6.07) is 11.0. The van der Waals surface area contributed by atoms with Gasteiger partial charge < -0.3 is 9.84 Å². The zero-order valence-corrected chi connectivity index (χ0v) is 17.7. The van der Waals surface area contributed by atoms with Crippen LogP contribution in [0.2, 0.25) is 10.0 Å². The van der Waals surface area contributed by atoms with Crippen molar-refractivity contribution in [2.75, 3.05) is 19.5 Å². The number of carbonyl (C=O) groups is 1. The lowest BCUT2D eigenvalue weighted by Crippen LogP contribution is -2.12. The Kier molecular flexibility index (Phi) is 7.66. The smallest absolute Gasteiger partial charge is 0.334 e. The summed E-state index contributed by atoms with van der Waals surface area (Å²) in [5.41, 5.74) is 1.84. The topological polar surface area (TPSA) is 80.7 Å². The first kappa shape index (κ1) is 22.4. The van der Waals surface area contributed by atoms with Crippen LogP contribution in [0.5, 0.6) is 0 Å². The Labute approximate surface area is 174 Å². The van der Waals surface area contributed by atoms with Gasteiger partial charge in [0.25, 0.3) is 0 Å². The lowest BCUT2D eigenvalue weighted by Gasteiger charge is -2.16. The molecule has 0 saturated carbocycles. The minimum atomic E-state index is -3.37. The molecule has 0 saturated heterocycles. The van der Waals surface area contributed by atoms with Crippen molar-refractivity contribution in [3.8, 4) is 0 Å². The van der Waals surface area contributed by atoms with Gasteiger partial charge >= 0.3 is 5.97 Å². The predicted molar refractivity (Wildman–Crippen MR) is 110 cm³/mol. The monoisotopic (exact) mass is 442 g/mol. The van der Waals surface area contributed by atoms with Gasteiger partial charge in [0, 0.05) is 34.9 Å². The maximum absolute atomic E-state index is 12.6. The fourth-order valence-corrected chi connectivity index (χ4v) is 3.90. The predicted octanol–water partition coefficient (Wildman–Crippen LogP) is 4.14. The summed E-state index contributed by atoms with van der Waals surface area (Å²) < 4.78 is 28.6. The van der Waals surface area contributed by atoms with Gasteiger partial charge in [0.2, 0.25) is 0 Å². The second-order valence-electron chi connectivity index (χ2n) is 6.00. The summed E-state index contributed by atoms with van der Waals surface area (Å²) in [5, 5.41) is 10.2. The van der Waals surface area contributed by atoms with E-state index < -0.39 is 15.8 Å². The van der Waals surface area contributed by atoms with E-state index in [0.717, 1.165) is 6.26 Å². The van der Waals surface area contributed by atoms with Gasteiger partial charge in [0.05, 0.1) is 11.5 Å². The summed E-state index contributed by atoms with van der Waals surface area (Å²) in [6.07, 6.45) is 1.16. The van der Waals surface area contributed by atoms with Crippen molar-refractivity contribution >= 4 is 44.6 Å². The summed E-state index contributed by atoms with van der Waals surface area (Å²) in [7, 11) is -3.37. The van der Waals surface area contributed by atoms with Gasteiger partial charge in [0.1, 0.15) is 0 Å². The summed E-state index contributed by atoms with van der Waals surface area (Å²) in [6.45, 7) is 1.59. The van der Waals surface area contributed by atoms with Crippen molar-refractivity contribution in [2.24, 2.45) is 0 Å². The number of hydrogen-bond acceptors (Lipinski definition) is 5. The molecule has 8 heteroatoms. The number of esters is 1. The zero-order chi connectivity index (χ0) is 20.9. The van der Waals surface area contributed by atoms with Crippen LogP contribution in [-0.4, -0.2) is 39.0 Å². The Morgan fingerprint density at radius 2 is 1.61 bits per heavy atom. The molecule has 2 aromatic carbocycles. The molecular weight excluding hydrogens is 423 g/mol. The molecule has 0 spiro atoms. The third-order valence-electron chi connectivity index (χ3n) is 3.91. The van der Waals surface area contributed by atoms with Crippen molar-refractivity contribution in [3.05, 3.63) is 69.2 Å². The minimum absolute atomic E-state index is 0.0477. The number of aliphatic hydroxyl groups is 1.